The van der Waals surface area contributed by atoms with Gasteiger partial charge in [-0.15, -0.1) is 0 Å². The molecule has 3 nitrogen and oxygen atoms in total. The van der Waals surface area contributed by atoms with Crippen LogP contribution >= 0.6 is 0 Å². The second-order valence-electron chi connectivity index (χ2n) is 4.07. The van der Waals surface area contributed by atoms with Crippen LogP contribution in [0.5, 0.6) is 5.75 Å². The average Bonchev–Trinajstić information content (AvgIpc) is 2.28. The highest BCUT2D eigenvalue weighted by Gasteiger charge is 2.02. The van der Waals surface area contributed by atoms with E-state index in [1.54, 1.807) is 19.2 Å². The molecule has 1 aromatic rings. The Bertz CT molecular complexity index is 284. The van der Waals surface area contributed by atoms with Crippen LogP contribution in [-0.4, -0.2) is 31.4 Å². The number of hydrogen-bond donors (Lipinski definition) is 2. The van der Waals surface area contributed by atoms with Gasteiger partial charge in [-0.2, -0.15) is 0 Å². The predicted molar refractivity (Wildman–Crippen MR) is 65.8 cm³/mol. The molecule has 0 aromatic heterocycles. The van der Waals surface area contributed by atoms with Gasteiger partial charge in [-0.3, -0.25) is 0 Å². The SMILES string of the molecule is COCCCNC(C)Cc1ccc(O)cc1. The zero-order valence-electron chi connectivity index (χ0n) is 10.1. The number of benzene rings is 1. The summed E-state index contributed by atoms with van der Waals surface area (Å²) in [5, 5.41) is 12.6. The standard InChI is InChI=1S/C13H21NO2/c1-11(14-8-3-9-16-2)10-12-4-6-13(15)7-5-12/h4-7,11,14-15H,3,8-10H2,1-2H3. The van der Waals surface area contributed by atoms with Crippen molar-refractivity contribution in [1.82, 2.24) is 5.32 Å². The number of nitrogens with one attached hydrogen (secondary N) is 1. The van der Waals surface area contributed by atoms with E-state index in [0.717, 1.165) is 26.0 Å². The Morgan fingerprint density at radius 1 is 1.31 bits per heavy atom. The molecule has 1 atom stereocenters. The summed E-state index contributed by atoms with van der Waals surface area (Å²) < 4.78 is 4.99. The first-order valence-electron chi connectivity index (χ1n) is 5.72. The molecule has 0 spiro atoms. The third kappa shape index (κ3) is 5.14. The Balaban J connectivity index is 2.23. The molecule has 90 valence electrons. The maximum absolute atomic E-state index is 9.16. The Hall–Kier alpha value is -1.06. The highest BCUT2D eigenvalue weighted by atomic mass is 16.5. The molecule has 0 amide bonds. The first kappa shape index (κ1) is 13.0. The lowest BCUT2D eigenvalue weighted by Gasteiger charge is -2.13. The summed E-state index contributed by atoms with van der Waals surface area (Å²) >= 11 is 0. The third-order valence-corrected chi connectivity index (χ3v) is 2.50. The summed E-state index contributed by atoms with van der Waals surface area (Å²) in [6.07, 6.45) is 2.02. The van der Waals surface area contributed by atoms with E-state index in [9.17, 15) is 0 Å². The van der Waals surface area contributed by atoms with Crippen molar-refractivity contribution in [2.75, 3.05) is 20.3 Å². The van der Waals surface area contributed by atoms with E-state index in [0.29, 0.717) is 11.8 Å². The van der Waals surface area contributed by atoms with E-state index in [4.69, 9.17) is 9.84 Å². The fourth-order valence-electron chi connectivity index (χ4n) is 1.62. The monoisotopic (exact) mass is 223 g/mol. The lowest BCUT2D eigenvalue weighted by atomic mass is 10.1. The Morgan fingerprint density at radius 3 is 2.62 bits per heavy atom. The number of rotatable bonds is 7. The largest absolute Gasteiger partial charge is 0.508 e. The third-order valence-electron chi connectivity index (χ3n) is 2.50. The smallest absolute Gasteiger partial charge is 0.115 e. The second-order valence-corrected chi connectivity index (χ2v) is 4.07. The molecule has 0 heterocycles. The molecule has 0 aliphatic rings. The molecule has 1 unspecified atom stereocenters. The minimum Gasteiger partial charge on any atom is -0.508 e. The van der Waals surface area contributed by atoms with E-state index < -0.39 is 0 Å². The molecule has 16 heavy (non-hydrogen) atoms. The maximum Gasteiger partial charge on any atom is 0.115 e. The van der Waals surface area contributed by atoms with Crippen LogP contribution in [0, 0.1) is 0 Å². The van der Waals surface area contributed by atoms with Crippen molar-refractivity contribution in [1.29, 1.82) is 0 Å². The van der Waals surface area contributed by atoms with Gasteiger partial charge in [-0.05, 0) is 44.0 Å². The van der Waals surface area contributed by atoms with Crippen LogP contribution in [0.25, 0.3) is 0 Å². The highest BCUT2D eigenvalue weighted by molar-refractivity contribution is 5.26. The molecule has 3 heteroatoms. The Labute approximate surface area is 97.4 Å². The number of methoxy groups -OCH3 is 1. The summed E-state index contributed by atoms with van der Waals surface area (Å²) in [7, 11) is 1.72. The van der Waals surface area contributed by atoms with Gasteiger partial charge in [-0.1, -0.05) is 12.1 Å². The zero-order valence-corrected chi connectivity index (χ0v) is 10.1. The van der Waals surface area contributed by atoms with Gasteiger partial charge in [-0.25, -0.2) is 0 Å². The number of phenolic OH excluding ortho intramolecular Hbond substituents is 1. The van der Waals surface area contributed by atoms with Crippen LogP contribution in [0.4, 0.5) is 0 Å². The predicted octanol–water partition coefficient (Wildman–Crippen LogP) is 1.95. The summed E-state index contributed by atoms with van der Waals surface area (Å²) in [5.41, 5.74) is 1.24. The molecular weight excluding hydrogens is 202 g/mol. The van der Waals surface area contributed by atoms with E-state index >= 15 is 0 Å². The van der Waals surface area contributed by atoms with Crippen LogP contribution in [0.2, 0.25) is 0 Å². The quantitative estimate of drug-likeness (QED) is 0.694. The normalized spacial score (nSPS) is 12.6. The van der Waals surface area contributed by atoms with Gasteiger partial charge in [0, 0.05) is 19.8 Å². The van der Waals surface area contributed by atoms with Crippen molar-refractivity contribution in [3.63, 3.8) is 0 Å². The molecule has 0 saturated carbocycles. The lowest BCUT2D eigenvalue weighted by Crippen LogP contribution is -2.29. The second kappa shape index (κ2) is 7.25. The van der Waals surface area contributed by atoms with Crippen molar-refractivity contribution in [3.05, 3.63) is 29.8 Å². The lowest BCUT2D eigenvalue weighted by molar-refractivity contribution is 0.193. The molecule has 2 N–H and O–H groups in total. The minimum atomic E-state index is 0.324. The number of aromatic hydroxyl groups is 1. The molecule has 0 bridgehead atoms. The Morgan fingerprint density at radius 2 is 2.00 bits per heavy atom. The highest BCUT2D eigenvalue weighted by Crippen LogP contribution is 2.11. The van der Waals surface area contributed by atoms with Gasteiger partial charge in [0.15, 0.2) is 0 Å². The number of ether oxygens (including phenoxy) is 1. The average molecular weight is 223 g/mol. The van der Waals surface area contributed by atoms with Crippen LogP contribution in [0.15, 0.2) is 24.3 Å². The van der Waals surface area contributed by atoms with E-state index in [1.165, 1.54) is 5.56 Å². The van der Waals surface area contributed by atoms with Gasteiger partial charge in [0.05, 0.1) is 0 Å². The van der Waals surface area contributed by atoms with E-state index in [2.05, 4.69) is 12.2 Å². The molecule has 1 aromatic carbocycles. The molecule has 0 fully saturated rings. The minimum absolute atomic E-state index is 0.324. The van der Waals surface area contributed by atoms with Crippen LogP contribution in [0.3, 0.4) is 0 Å². The molecule has 0 aliphatic carbocycles. The fourth-order valence-corrected chi connectivity index (χ4v) is 1.62. The number of hydrogen-bond acceptors (Lipinski definition) is 3. The van der Waals surface area contributed by atoms with Crippen molar-refractivity contribution in [3.8, 4) is 5.75 Å². The zero-order chi connectivity index (χ0) is 11.8. The topological polar surface area (TPSA) is 41.5 Å². The molecule has 0 aliphatic heterocycles. The van der Waals surface area contributed by atoms with E-state index in [-0.39, 0.29) is 0 Å². The summed E-state index contributed by atoms with van der Waals surface area (Å²) in [5.74, 6) is 0.324. The van der Waals surface area contributed by atoms with Gasteiger partial charge < -0.3 is 15.2 Å². The first-order valence-corrected chi connectivity index (χ1v) is 5.72. The van der Waals surface area contributed by atoms with Crippen LogP contribution in [0.1, 0.15) is 18.9 Å². The van der Waals surface area contributed by atoms with Gasteiger partial charge >= 0.3 is 0 Å². The van der Waals surface area contributed by atoms with Gasteiger partial charge in [0.25, 0.3) is 0 Å². The molecule has 0 radical (unpaired) electrons. The Kier molecular flexibility index (Phi) is 5.90. The van der Waals surface area contributed by atoms with Crippen LogP contribution in [-0.2, 0) is 11.2 Å². The maximum atomic E-state index is 9.16. The molecular formula is C13H21NO2. The van der Waals surface area contributed by atoms with Crippen molar-refractivity contribution < 1.29 is 9.84 Å². The number of phenols is 1. The fraction of sp³-hybridized carbons (Fsp3) is 0.538. The molecule has 1 rings (SSSR count). The van der Waals surface area contributed by atoms with Crippen LogP contribution < -0.4 is 5.32 Å². The van der Waals surface area contributed by atoms with Gasteiger partial charge in [0.2, 0.25) is 0 Å². The summed E-state index contributed by atoms with van der Waals surface area (Å²) in [4.78, 5) is 0. The van der Waals surface area contributed by atoms with Crippen molar-refractivity contribution in [2.45, 2.75) is 25.8 Å². The van der Waals surface area contributed by atoms with E-state index in [1.807, 2.05) is 12.1 Å². The molecule has 0 saturated heterocycles. The van der Waals surface area contributed by atoms with Crippen molar-refractivity contribution >= 4 is 0 Å². The summed E-state index contributed by atoms with van der Waals surface area (Å²) in [6.45, 7) is 3.95. The van der Waals surface area contributed by atoms with Crippen molar-refractivity contribution in [2.24, 2.45) is 0 Å². The first-order chi connectivity index (χ1) is 7.72. The van der Waals surface area contributed by atoms with Gasteiger partial charge in [0.1, 0.15) is 5.75 Å². The summed E-state index contributed by atoms with van der Waals surface area (Å²) in [6, 6.07) is 7.83.